The van der Waals surface area contributed by atoms with Gasteiger partial charge in [-0.05, 0) is 54.1 Å². The molecule has 1 fully saturated rings. The number of thiophene rings is 1. The second-order valence-corrected chi connectivity index (χ2v) is 9.21. The molecule has 3 aromatic rings. The van der Waals surface area contributed by atoms with Gasteiger partial charge in [-0.25, -0.2) is 4.68 Å². The van der Waals surface area contributed by atoms with Crippen molar-refractivity contribution >= 4 is 29.1 Å². The summed E-state index contributed by atoms with van der Waals surface area (Å²) in [4.78, 5) is 3.56. The molecular formula is C23H26N4OS2. The van der Waals surface area contributed by atoms with Crippen molar-refractivity contribution in [2.45, 2.75) is 38.6 Å². The van der Waals surface area contributed by atoms with E-state index in [0.717, 1.165) is 61.0 Å². The van der Waals surface area contributed by atoms with Crippen LogP contribution in [-0.4, -0.2) is 45.0 Å². The van der Waals surface area contributed by atoms with Crippen molar-refractivity contribution in [3.63, 3.8) is 0 Å². The average Bonchev–Trinajstić information content (AvgIpc) is 3.54. The highest BCUT2D eigenvalue weighted by Gasteiger charge is 2.22. The van der Waals surface area contributed by atoms with Crippen LogP contribution in [0.15, 0.2) is 53.9 Å². The Hall–Kier alpha value is -2.06. The van der Waals surface area contributed by atoms with E-state index in [9.17, 15) is 0 Å². The quantitative estimate of drug-likeness (QED) is 0.504. The van der Waals surface area contributed by atoms with E-state index in [1.807, 2.05) is 4.68 Å². The predicted octanol–water partition coefficient (Wildman–Crippen LogP) is 5.07. The summed E-state index contributed by atoms with van der Waals surface area (Å²) < 4.78 is 10.8. The van der Waals surface area contributed by atoms with Crippen LogP contribution in [0, 0.1) is 4.77 Å². The van der Waals surface area contributed by atoms with Gasteiger partial charge in [0.25, 0.3) is 0 Å². The second kappa shape index (κ2) is 8.98. The summed E-state index contributed by atoms with van der Waals surface area (Å²) in [5, 5.41) is 7.03. The Kier molecular flexibility index (Phi) is 5.95. The highest BCUT2D eigenvalue weighted by molar-refractivity contribution is 7.71. The van der Waals surface area contributed by atoms with Crippen LogP contribution in [-0.2, 0) is 18.0 Å². The Bertz CT molecular complexity index is 1060. The monoisotopic (exact) mass is 438 g/mol. The first-order valence-electron chi connectivity index (χ1n) is 10.6. The zero-order chi connectivity index (χ0) is 20.3. The molecule has 0 saturated carbocycles. The zero-order valence-corrected chi connectivity index (χ0v) is 18.6. The largest absolute Gasteiger partial charge is 0.376 e. The summed E-state index contributed by atoms with van der Waals surface area (Å²) in [7, 11) is 0. The molecule has 2 aliphatic rings. The van der Waals surface area contributed by atoms with E-state index in [2.05, 4.69) is 63.4 Å². The van der Waals surface area contributed by atoms with Crippen molar-refractivity contribution in [2.75, 3.05) is 19.7 Å². The van der Waals surface area contributed by atoms with Gasteiger partial charge in [0.1, 0.15) is 0 Å². The number of nitrogens with zero attached hydrogens (tertiary/aromatic N) is 4. The number of ether oxygens (including phenoxy) is 1. The van der Waals surface area contributed by atoms with Gasteiger partial charge >= 0.3 is 0 Å². The molecule has 0 N–H and O–H groups in total. The topological polar surface area (TPSA) is 35.2 Å². The summed E-state index contributed by atoms with van der Waals surface area (Å²) in [6.07, 6.45) is 5.84. The van der Waals surface area contributed by atoms with Crippen LogP contribution in [0.5, 0.6) is 0 Å². The lowest BCUT2D eigenvalue weighted by molar-refractivity contribution is 0.0967. The lowest BCUT2D eigenvalue weighted by atomic mass is 10.00. The summed E-state index contributed by atoms with van der Waals surface area (Å²) in [6.45, 7) is 4.27. The van der Waals surface area contributed by atoms with Crippen LogP contribution in [0.3, 0.4) is 0 Å². The maximum atomic E-state index is 5.88. The highest BCUT2D eigenvalue weighted by Crippen LogP contribution is 2.26. The Morgan fingerprint density at radius 3 is 2.77 bits per heavy atom. The van der Waals surface area contributed by atoms with Crippen LogP contribution in [0.25, 0.3) is 16.3 Å². The molecule has 0 radical (unpaired) electrons. The third-order valence-electron chi connectivity index (χ3n) is 5.85. The molecule has 1 aromatic carbocycles. The van der Waals surface area contributed by atoms with Crippen LogP contribution in [0.1, 0.15) is 24.8 Å². The molecule has 2 aromatic heterocycles. The fourth-order valence-corrected chi connectivity index (χ4v) is 5.20. The standard InChI is InChI=1S/C23H26N4OS2/c29-23-26(16-20-8-4-14-28-20)22(21-9-5-15-30-21)24-27(23)17-25-12-10-19(11-13-25)18-6-2-1-3-7-18/h1-3,5-7,9-10,15,20H,4,8,11-14,16-17H2/t20-/m0/s1. The molecule has 5 nitrogen and oxygen atoms in total. The third-order valence-corrected chi connectivity index (χ3v) is 7.14. The van der Waals surface area contributed by atoms with Crippen molar-refractivity contribution in [2.24, 2.45) is 0 Å². The number of hydrogen-bond acceptors (Lipinski definition) is 5. The first kappa shape index (κ1) is 19.9. The van der Waals surface area contributed by atoms with Crippen molar-refractivity contribution in [3.05, 3.63) is 64.3 Å². The summed E-state index contributed by atoms with van der Waals surface area (Å²) in [5.41, 5.74) is 2.76. The lowest BCUT2D eigenvalue weighted by Crippen LogP contribution is -2.31. The molecule has 0 unspecified atom stereocenters. The van der Waals surface area contributed by atoms with E-state index in [1.165, 1.54) is 11.1 Å². The number of aromatic nitrogens is 3. The van der Waals surface area contributed by atoms with Crippen LogP contribution in [0.2, 0.25) is 0 Å². The highest BCUT2D eigenvalue weighted by atomic mass is 32.1. The van der Waals surface area contributed by atoms with E-state index in [-0.39, 0.29) is 6.10 Å². The van der Waals surface area contributed by atoms with E-state index < -0.39 is 0 Å². The van der Waals surface area contributed by atoms with E-state index >= 15 is 0 Å². The molecule has 2 aliphatic heterocycles. The van der Waals surface area contributed by atoms with Gasteiger partial charge in [0.05, 0.1) is 24.2 Å². The lowest BCUT2D eigenvalue weighted by Gasteiger charge is -2.26. The van der Waals surface area contributed by atoms with Gasteiger partial charge in [0, 0.05) is 19.7 Å². The van der Waals surface area contributed by atoms with Crippen molar-refractivity contribution in [1.82, 2.24) is 19.2 Å². The van der Waals surface area contributed by atoms with E-state index in [1.54, 1.807) is 11.3 Å². The van der Waals surface area contributed by atoms with Gasteiger partial charge in [0.15, 0.2) is 10.6 Å². The minimum atomic E-state index is 0.236. The fourth-order valence-electron chi connectivity index (χ4n) is 4.22. The van der Waals surface area contributed by atoms with Gasteiger partial charge in [-0.15, -0.1) is 16.4 Å². The van der Waals surface area contributed by atoms with Gasteiger partial charge < -0.3 is 4.74 Å². The normalized spacial score (nSPS) is 19.9. The molecule has 1 atom stereocenters. The molecule has 7 heteroatoms. The van der Waals surface area contributed by atoms with Crippen molar-refractivity contribution in [1.29, 1.82) is 0 Å². The summed E-state index contributed by atoms with van der Waals surface area (Å²) in [5.74, 6) is 0.961. The van der Waals surface area contributed by atoms with Crippen LogP contribution < -0.4 is 0 Å². The van der Waals surface area contributed by atoms with Crippen molar-refractivity contribution < 1.29 is 4.74 Å². The minimum absolute atomic E-state index is 0.236. The summed E-state index contributed by atoms with van der Waals surface area (Å²) in [6, 6.07) is 14.9. The number of rotatable bonds is 6. The maximum Gasteiger partial charge on any atom is 0.199 e. The number of benzene rings is 1. The molecule has 0 amide bonds. The molecule has 4 heterocycles. The first-order valence-corrected chi connectivity index (χ1v) is 11.9. The van der Waals surface area contributed by atoms with E-state index in [0.29, 0.717) is 6.67 Å². The third kappa shape index (κ3) is 4.21. The fraction of sp³-hybridized carbons (Fsp3) is 0.391. The molecule has 0 aliphatic carbocycles. The molecular weight excluding hydrogens is 412 g/mol. The van der Waals surface area contributed by atoms with Crippen LogP contribution in [0.4, 0.5) is 0 Å². The predicted molar refractivity (Wildman–Crippen MR) is 124 cm³/mol. The average molecular weight is 439 g/mol. The minimum Gasteiger partial charge on any atom is -0.376 e. The zero-order valence-electron chi connectivity index (χ0n) is 16.9. The van der Waals surface area contributed by atoms with Crippen molar-refractivity contribution in [3.8, 4) is 10.7 Å². The molecule has 0 spiro atoms. The smallest absolute Gasteiger partial charge is 0.199 e. The van der Waals surface area contributed by atoms with Gasteiger partial charge in [0.2, 0.25) is 0 Å². The molecule has 30 heavy (non-hydrogen) atoms. The second-order valence-electron chi connectivity index (χ2n) is 7.89. The summed E-state index contributed by atoms with van der Waals surface area (Å²) >= 11 is 7.57. The number of hydrogen-bond donors (Lipinski definition) is 0. The van der Waals surface area contributed by atoms with Gasteiger partial charge in [-0.2, -0.15) is 0 Å². The maximum absolute atomic E-state index is 5.88. The molecule has 1 saturated heterocycles. The Balaban J connectivity index is 1.36. The van der Waals surface area contributed by atoms with Gasteiger partial charge in [-0.1, -0.05) is 42.5 Å². The Labute approximate surface area is 186 Å². The molecule has 5 rings (SSSR count). The molecule has 0 bridgehead atoms. The van der Waals surface area contributed by atoms with Crippen LogP contribution >= 0.6 is 23.6 Å². The first-order chi connectivity index (χ1) is 14.8. The Morgan fingerprint density at radius 1 is 1.17 bits per heavy atom. The Morgan fingerprint density at radius 2 is 2.07 bits per heavy atom. The molecule has 156 valence electrons. The van der Waals surface area contributed by atoms with E-state index in [4.69, 9.17) is 22.1 Å². The van der Waals surface area contributed by atoms with Gasteiger partial charge in [-0.3, -0.25) is 9.47 Å². The SMILES string of the molecule is S=c1n(CN2CC=C(c3ccccc3)CC2)nc(-c2cccs2)n1C[C@@H]1CCCO1.